The summed E-state index contributed by atoms with van der Waals surface area (Å²) in [6, 6.07) is 4.08. The Morgan fingerprint density at radius 1 is 1.50 bits per heavy atom. The van der Waals surface area contributed by atoms with Gasteiger partial charge in [-0.25, -0.2) is 0 Å². The second kappa shape index (κ2) is 7.41. The van der Waals surface area contributed by atoms with Gasteiger partial charge in [0.15, 0.2) is 5.12 Å². The third-order valence-corrected chi connectivity index (χ3v) is 3.15. The SMILES string of the molecule is CC(=O)SCCCCc1ccnc(CN)c1. The Hall–Kier alpha value is -0.870. The van der Waals surface area contributed by atoms with Crippen molar-refractivity contribution in [1.29, 1.82) is 0 Å². The van der Waals surface area contributed by atoms with Crippen molar-refractivity contribution in [3.63, 3.8) is 0 Å². The van der Waals surface area contributed by atoms with Crippen LogP contribution in [-0.2, 0) is 17.8 Å². The summed E-state index contributed by atoms with van der Waals surface area (Å²) in [6.07, 6.45) is 5.02. The number of unbranched alkanes of at least 4 members (excludes halogenated alkanes) is 1. The molecule has 0 radical (unpaired) electrons. The van der Waals surface area contributed by atoms with Gasteiger partial charge >= 0.3 is 0 Å². The Kier molecular flexibility index (Phi) is 6.11. The molecule has 0 aromatic carbocycles. The van der Waals surface area contributed by atoms with Gasteiger partial charge in [0.1, 0.15) is 0 Å². The first-order valence-corrected chi connectivity index (χ1v) is 6.48. The molecule has 0 saturated carbocycles. The summed E-state index contributed by atoms with van der Waals surface area (Å²) in [7, 11) is 0. The standard InChI is InChI=1S/C12H18N2OS/c1-10(15)16-7-3-2-4-11-5-6-14-12(8-11)9-13/h5-6,8H,2-4,7,9,13H2,1H3. The molecule has 1 aromatic rings. The van der Waals surface area contributed by atoms with Crippen molar-refractivity contribution < 1.29 is 4.79 Å². The van der Waals surface area contributed by atoms with Gasteiger partial charge in [-0.3, -0.25) is 9.78 Å². The lowest BCUT2D eigenvalue weighted by Gasteiger charge is -2.02. The van der Waals surface area contributed by atoms with E-state index < -0.39 is 0 Å². The van der Waals surface area contributed by atoms with Gasteiger partial charge in [0.05, 0.1) is 5.69 Å². The summed E-state index contributed by atoms with van der Waals surface area (Å²) in [5.74, 6) is 0.921. The maximum Gasteiger partial charge on any atom is 0.185 e. The number of carbonyl (C=O) groups is 1. The molecule has 2 N–H and O–H groups in total. The van der Waals surface area contributed by atoms with Crippen LogP contribution in [0, 0.1) is 0 Å². The molecular weight excluding hydrogens is 220 g/mol. The molecule has 0 aliphatic heterocycles. The first kappa shape index (κ1) is 13.2. The quantitative estimate of drug-likeness (QED) is 0.771. The number of aromatic nitrogens is 1. The molecular formula is C12H18N2OS. The first-order chi connectivity index (χ1) is 7.72. The molecule has 0 fully saturated rings. The summed E-state index contributed by atoms with van der Waals surface area (Å²) in [5, 5.41) is 0.203. The van der Waals surface area contributed by atoms with Crippen LogP contribution in [0.25, 0.3) is 0 Å². The van der Waals surface area contributed by atoms with E-state index in [1.807, 2.05) is 12.3 Å². The number of rotatable bonds is 6. The van der Waals surface area contributed by atoms with Gasteiger partial charge < -0.3 is 5.73 Å². The van der Waals surface area contributed by atoms with Crippen LogP contribution in [0.1, 0.15) is 31.0 Å². The number of hydrogen-bond donors (Lipinski definition) is 1. The van der Waals surface area contributed by atoms with Crippen LogP contribution >= 0.6 is 11.8 Å². The highest BCUT2D eigenvalue weighted by atomic mass is 32.2. The smallest absolute Gasteiger partial charge is 0.185 e. The fraction of sp³-hybridized carbons (Fsp3) is 0.500. The fourth-order valence-electron chi connectivity index (χ4n) is 1.44. The highest BCUT2D eigenvalue weighted by Crippen LogP contribution is 2.10. The van der Waals surface area contributed by atoms with E-state index in [0.717, 1.165) is 30.7 Å². The number of thioether (sulfide) groups is 1. The van der Waals surface area contributed by atoms with E-state index in [4.69, 9.17) is 5.73 Å². The molecule has 0 aliphatic carbocycles. The number of carbonyl (C=O) groups excluding carboxylic acids is 1. The topological polar surface area (TPSA) is 56.0 Å². The van der Waals surface area contributed by atoms with Crippen LogP contribution in [0.5, 0.6) is 0 Å². The zero-order valence-corrected chi connectivity index (χ0v) is 10.4. The number of nitrogens with zero attached hydrogens (tertiary/aromatic N) is 1. The largest absolute Gasteiger partial charge is 0.325 e. The third kappa shape index (κ3) is 5.28. The van der Waals surface area contributed by atoms with Crippen LogP contribution in [0.2, 0.25) is 0 Å². The molecule has 1 heterocycles. The van der Waals surface area contributed by atoms with Gasteiger partial charge in [0.2, 0.25) is 0 Å². The van der Waals surface area contributed by atoms with Gasteiger partial charge in [0.25, 0.3) is 0 Å². The molecule has 1 rings (SSSR count). The van der Waals surface area contributed by atoms with E-state index in [1.165, 1.54) is 17.3 Å². The van der Waals surface area contributed by atoms with Gasteiger partial charge in [-0.15, -0.1) is 0 Å². The highest BCUT2D eigenvalue weighted by Gasteiger charge is 1.98. The lowest BCUT2D eigenvalue weighted by molar-refractivity contribution is -0.109. The van der Waals surface area contributed by atoms with Crippen LogP contribution < -0.4 is 5.73 Å². The highest BCUT2D eigenvalue weighted by molar-refractivity contribution is 8.13. The molecule has 88 valence electrons. The molecule has 0 bridgehead atoms. The summed E-state index contributed by atoms with van der Waals surface area (Å²) >= 11 is 1.40. The monoisotopic (exact) mass is 238 g/mol. The second-order valence-corrected chi connectivity index (χ2v) is 4.93. The predicted molar refractivity (Wildman–Crippen MR) is 68.2 cm³/mol. The van der Waals surface area contributed by atoms with Crippen LogP contribution in [-0.4, -0.2) is 15.9 Å². The molecule has 0 aliphatic rings. The number of pyridine rings is 1. The normalized spacial score (nSPS) is 10.4. The maximum absolute atomic E-state index is 10.7. The van der Waals surface area contributed by atoms with Crippen LogP contribution in [0.4, 0.5) is 0 Å². The van der Waals surface area contributed by atoms with Crippen molar-refractivity contribution in [2.45, 2.75) is 32.7 Å². The van der Waals surface area contributed by atoms with Crippen molar-refractivity contribution in [3.05, 3.63) is 29.6 Å². The van der Waals surface area contributed by atoms with Crippen molar-refractivity contribution >= 4 is 16.9 Å². The molecule has 3 nitrogen and oxygen atoms in total. The van der Waals surface area contributed by atoms with Crippen LogP contribution in [0.3, 0.4) is 0 Å². The minimum Gasteiger partial charge on any atom is -0.325 e. The van der Waals surface area contributed by atoms with Crippen molar-refractivity contribution in [2.24, 2.45) is 5.73 Å². The lowest BCUT2D eigenvalue weighted by atomic mass is 10.1. The average Bonchev–Trinajstić information content (AvgIpc) is 2.28. The van der Waals surface area contributed by atoms with E-state index >= 15 is 0 Å². The Bertz CT molecular complexity index is 342. The van der Waals surface area contributed by atoms with Crippen molar-refractivity contribution in [1.82, 2.24) is 4.98 Å². The maximum atomic E-state index is 10.7. The molecule has 0 spiro atoms. The van der Waals surface area contributed by atoms with E-state index in [0.29, 0.717) is 6.54 Å². The molecule has 16 heavy (non-hydrogen) atoms. The van der Waals surface area contributed by atoms with Gasteiger partial charge in [-0.1, -0.05) is 11.8 Å². The second-order valence-electron chi connectivity index (χ2n) is 3.66. The molecule has 0 saturated heterocycles. The van der Waals surface area contributed by atoms with Crippen molar-refractivity contribution in [2.75, 3.05) is 5.75 Å². The van der Waals surface area contributed by atoms with Gasteiger partial charge in [-0.05, 0) is 37.0 Å². The van der Waals surface area contributed by atoms with E-state index in [1.54, 1.807) is 6.92 Å². The number of hydrogen-bond acceptors (Lipinski definition) is 4. The van der Waals surface area contributed by atoms with Crippen LogP contribution in [0.15, 0.2) is 18.3 Å². The molecule has 0 atom stereocenters. The zero-order chi connectivity index (χ0) is 11.8. The number of aryl methyl sites for hydroxylation is 1. The summed E-state index contributed by atoms with van der Waals surface area (Å²) in [6.45, 7) is 2.11. The first-order valence-electron chi connectivity index (χ1n) is 5.49. The van der Waals surface area contributed by atoms with E-state index in [9.17, 15) is 4.79 Å². The molecule has 1 aromatic heterocycles. The van der Waals surface area contributed by atoms with E-state index in [2.05, 4.69) is 11.1 Å². The van der Waals surface area contributed by atoms with Gasteiger partial charge in [-0.2, -0.15) is 0 Å². The fourth-order valence-corrected chi connectivity index (χ4v) is 2.08. The minimum atomic E-state index is 0.203. The van der Waals surface area contributed by atoms with Gasteiger partial charge in [0, 0.05) is 25.4 Å². The Morgan fingerprint density at radius 3 is 3.00 bits per heavy atom. The third-order valence-electron chi connectivity index (χ3n) is 2.26. The summed E-state index contributed by atoms with van der Waals surface area (Å²) in [5.41, 5.74) is 7.75. The molecule has 0 unspecified atom stereocenters. The summed E-state index contributed by atoms with van der Waals surface area (Å²) < 4.78 is 0. The minimum absolute atomic E-state index is 0.203. The predicted octanol–water partition coefficient (Wildman–Crippen LogP) is 2.14. The molecule has 0 amide bonds. The molecule has 4 heteroatoms. The number of nitrogens with two attached hydrogens (primary N) is 1. The van der Waals surface area contributed by atoms with Crippen molar-refractivity contribution in [3.8, 4) is 0 Å². The zero-order valence-electron chi connectivity index (χ0n) is 9.61. The Labute approximate surface area is 101 Å². The van der Waals surface area contributed by atoms with E-state index in [-0.39, 0.29) is 5.12 Å². The Morgan fingerprint density at radius 2 is 2.31 bits per heavy atom. The average molecular weight is 238 g/mol. The Balaban J connectivity index is 2.23. The lowest BCUT2D eigenvalue weighted by Crippen LogP contribution is -2.00. The summed E-state index contributed by atoms with van der Waals surface area (Å²) in [4.78, 5) is 14.9.